The quantitative estimate of drug-likeness (QED) is 0.877. The first-order valence-corrected chi connectivity index (χ1v) is 7.39. The van der Waals surface area contributed by atoms with Crippen molar-refractivity contribution in [2.45, 2.75) is 32.4 Å². The summed E-state index contributed by atoms with van der Waals surface area (Å²) in [6.07, 6.45) is 2.95. The molecule has 2 rings (SSSR count). The van der Waals surface area contributed by atoms with Crippen molar-refractivity contribution in [3.8, 4) is 5.75 Å². The van der Waals surface area contributed by atoms with Crippen molar-refractivity contribution in [1.29, 1.82) is 0 Å². The molecule has 0 amide bonds. The minimum absolute atomic E-state index is 0.197. The molecular formula is C15H20N2OS. The minimum Gasteiger partial charge on any atom is -0.491 e. The molecule has 19 heavy (non-hydrogen) atoms. The van der Waals surface area contributed by atoms with Crippen LogP contribution in [0.4, 0.5) is 0 Å². The summed E-state index contributed by atoms with van der Waals surface area (Å²) in [6.45, 7) is 4.08. The molecule has 1 heterocycles. The van der Waals surface area contributed by atoms with Gasteiger partial charge in [-0.25, -0.2) is 4.98 Å². The van der Waals surface area contributed by atoms with Crippen molar-refractivity contribution in [1.82, 2.24) is 10.3 Å². The Morgan fingerprint density at radius 3 is 2.84 bits per heavy atom. The zero-order chi connectivity index (χ0) is 13.7. The van der Waals surface area contributed by atoms with Gasteiger partial charge in [-0.2, -0.15) is 0 Å². The molecule has 102 valence electrons. The van der Waals surface area contributed by atoms with Gasteiger partial charge in [0.25, 0.3) is 0 Å². The fourth-order valence-electron chi connectivity index (χ4n) is 1.99. The van der Waals surface area contributed by atoms with Gasteiger partial charge < -0.3 is 10.1 Å². The fourth-order valence-corrected chi connectivity index (χ4v) is 2.66. The number of hydrogen-bond acceptors (Lipinski definition) is 4. The van der Waals surface area contributed by atoms with E-state index in [2.05, 4.69) is 22.4 Å². The summed E-state index contributed by atoms with van der Waals surface area (Å²) < 4.78 is 5.74. The molecule has 0 spiro atoms. The zero-order valence-corrected chi connectivity index (χ0v) is 12.4. The maximum Gasteiger partial charge on any atom is 0.120 e. The van der Waals surface area contributed by atoms with Crippen LogP contribution in [0, 0.1) is 0 Å². The molecule has 0 aliphatic heterocycles. The lowest BCUT2D eigenvalue weighted by atomic mass is 10.0. The lowest BCUT2D eigenvalue weighted by Crippen LogP contribution is -2.19. The van der Waals surface area contributed by atoms with Crippen molar-refractivity contribution in [2.75, 3.05) is 7.05 Å². The highest BCUT2D eigenvalue weighted by molar-refractivity contribution is 7.09. The standard InChI is InChI=1S/C15H20N2OS/c1-11(2)18-13-6-4-5-12(9-13)14(16-3)10-15-17-7-8-19-15/h4-9,11,14,16H,10H2,1-3H3. The van der Waals surface area contributed by atoms with Crippen LogP contribution in [0.2, 0.25) is 0 Å². The Morgan fingerprint density at radius 1 is 1.37 bits per heavy atom. The van der Waals surface area contributed by atoms with Gasteiger partial charge in [0.05, 0.1) is 11.1 Å². The number of likely N-dealkylation sites (N-methyl/N-ethyl adjacent to an activating group) is 1. The summed E-state index contributed by atoms with van der Waals surface area (Å²) in [6, 6.07) is 8.54. The first kappa shape index (κ1) is 14.0. The molecule has 0 saturated heterocycles. The Labute approximate surface area is 118 Å². The Kier molecular flexibility index (Phi) is 4.93. The minimum atomic E-state index is 0.197. The van der Waals surface area contributed by atoms with Gasteiger partial charge in [0.1, 0.15) is 5.75 Å². The molecule has 0 bridgehead atoms. The summed E-state index contributed by atoms with van der Waals surface area (Å²) in [5.41, 5.74) is 1.23. The van der Waals surface area contributed by atoms with E-state index in [0.29, 0.717) is 0 Å². The predicted octanol–water partition coefficient (Wildman–Crippen LogP) is 3.43. The second-order valence-electron chi connectivity index (χ2n) is 4.71. The van der Waals surface area contributed by atoms with E-state index >= 15 is 0 Å². The largest absolute Gasteiger partial charge is 0.491 e. The summed E-state index contributed by atoms with van der Waals surface area (Å²) in [4.78, 5) is 4.35. The van der Waals surface area contributed by atoms with Crippen molar-refractivity contribution in [3.63, 3.8) is 0 Å². The third-order valence-corrected chi connectivity index (χ3v) is 3.64. The van der Waals surface area contributed by atoms with E-state index in [9.17, 15) is 0 Å². The Balaban J connectivity index is 2.13. The van der Waals surface area contributed by atoms with Crippen molar-refractivity contribution >= 4 is 11.3 Å². The molecule has 1 atom stereocenters. The molecule has 0 saturated carbocycles. The van der Waals surface area contributed by atoms with Crippen LogP contribution in [0.1, 0.15) is 30.5 Å². The van der Waals surface area contributed by atoms with Crippen LogP contribution in [0.15, 0.2) is 35.8 Å². The number of benzene rings is 1. The molecule has 2 aromatic rings. The topological polar surface area (TPSA) is 34.2 Å². The molecule has 1 unspecified atom stereocenters. The second-order valence-corrected chi connectivity index (χ2v) is 5.69. The van der Waals surface area contributed by atoms with Gasteiger partial charge in [0.2, 0.25) is 0 Å². The molecule has 3 nitrogen and oxygen atoms in total. The number of thiazole rings is 1. The monoisotopic (exact) mass is 276 g/mol. The average molecular weight is 276 g/mol. The van der Waals surface area contributed by atoms with Crippen molar-refractivity contribution in [3.05, 3.63) is 46.4 Å². The van der Waals surface area contributed by atoms with E-state index in [4.69, 9.17) is 4.74 Å². The number of nitrogens with one attached hydrogen (secondary N) is 1. The first-order chi connectivity index (χ1) is 9.19. The number of nitrogens with zero attached hydrogens (tertiary/aromatic N) is 1. The smallest absolute Gasteiger partial charge is 0.120 e. The number of aromatic nitrogens is 1. The van der Waals surface area contributed by atoms with Gasteiger partial charge in [-0.3, -0.25) is 0 Å². The van der Waals surface area contributed by atoms with E-state index in [1.807, 2.05) is 44.6 Å². The highest BCUT2D eigenvalue weighted by Gasteiger charge is 2.12. The third kappa shape index (κ3) is 4.04. The predicted molar refractivity (Wildman–Crippen MR) is 79.8 cm³/mol. The molecular weight excluding hydrogens is 256 g/mol. The van der Waals surface area contributed by atoms with Crippen LogP contribution >= 0.6 is 11.3 Å². The van der Waals surface area contributed by atoms with Gasteiger partial charge in [-0.1, -0.05) is 12.1 Å². The number of hydrogen-bond donors (Lipinski definition) is 1. The Morgan fingerprint density at radius 2 is 2.21 bits per heavy atom. The van der Waals surface area contributed by atoms with Crippen LogP contribution in [0.3, 0.4) is 0 Å². The normalized spacial score (nSPS) is 12.6. The first-order valence-electron chi connectivity index (χ1n) is 6.51. The van der Waals surface area contributed by atoms with Crippen LogP contribution in [-0.4, -0.2) is 18.1 Å². The average Bonchev–Trinajstić information content (AvgIpc) is 2.88. The lowest BCUT2D eigenvalue weighted by molar-refractivity contribution is 0.242. The van der Waals surface area contributed by atoms with Crippen LogP contribution in [-0.2, 0) is 6.42 Å². The maximum absolute atomic E-state index is 5.74. The van der Waals surface area contributed by atoms with Gasteiger partial charge in [0.15, 0.2) is 0 Å². The highest BCUT2D eigenvalue weighted by Crippen LogP contribution is 2.23. The molecule has 0 fully saturated rings. The number of rotatable bonds is 6. The van der Waals surface area contributed by atoms with Gasteiger partial charge in [0, 0.05) is 24.0 Å². The second kappa shape index (κ2) is 6.68. The molecule has 1 aromatic carbocycles. The zero-order valence-electron chi connectivity index (χ0n) is 11.6. The van der Waals surface area contributed by atoms with Gasteiger partial charge >= 0.3 is 0 Å². The fraction of sp³-hybridized carbons (Fsp3) is 0.400. The molecule has 4 heteroatoms. The summed E-state index contributed by atoms with van der Waals surface area (Å²) in [5.74, 6) is 0.923. The van der Waals surface area contributed by atoms with E-state index < -0.39 is 0 Å². The molecule has 1 N–H and O–H groups in total. The molecule has 0 aliphatic rings. The van der Waals surface area contributed by atoms with E-state index in [1.54, 1.807) is 11.3 Å². The van der Waals surface area contributed by atoms with Crippen LogP contribution in [0.25, 0.3) is 0 Å². The number of ether oxygens (including phenoxy) is 1. The Hall–Kier alpha value is -1.39. The highest BCUT2D eigenvalue weighted by atomic mass is 32.1. The molecule has 1 aromatic heterocycles. The third-order valence-electron chi connectivity index (χ3n) is 2.84. The van der Waals surface area contributed by atoms with E-state index in [1.165, 1.54) is 5.56 Å². The lowest BCUT2D eigenvalue weighted by Gasteiger charge is -2.17. The van der Waals surface area contributed by atoms with Crippen LogP contribution < -0.4 is 10.1 Å². The van der Waals surface area contributed by atoms with Crippen LogP contribution in [0.5, 0.6) is 5.75 Å². The van der Waals surface area contributed by atoms with Gasteiger partial charge in [-0.05, 0) is 38.6 Å². The van der Waals surface area contributed by atoms with E-state index in [-0.39, 0.29) is 12.1 Å². The molecule has 0 radical (unpaired) electrons. The van der Waals surface area contributed by atoms with Crippen molar-refractivity contribution < 1.29 is 4.74 Å². The Bertz CT molecular complexity index is 497. The SMILES string of the molecule is CNC(Cc1nccs1)c1cccc(OC(C)C)c1. The van der Waals surface area contributed by atoms with E-state index in [0.717, 1.165) is 17.2 Å². The van der Waals surface area contributed by atoms with Gasteiger partial charge in [-0.15, -0.1) is 11.3 Å². The summed E-state index contributed by atoms with van der Waals surface area (Å²) in [5, 5.41) is 6.51. The maximum atomic E-state index is 5.74. The van der Waals surface area contributed by atoms with Crippen molar-refractivity contribution in [2.24, 2.45) is 0 Å². The molecule has 0 aliphatic carbocycles. The summed E-state index contributed by atoms with van der Waals surface area (Å²) in [7, 11) is 1.98. The summed E-state index contributed by atoms with van der Waals surface area (Å²) >= 11 is 1.69.